The molecule has 6 nitrogen and oxygen atoms in total. The second-order valence-electron chi connectivity index (χ2n) is 4.12. The van der Waals surface area contributed by atoms with Crippen molar-refractivity contribution in [2.45, 2.75) is 17.8 Å². The van der Waals surface area contributed by atoms with E-state index < -0.39 is 16.9 Å². The van der Waals surface area contributed by atoms with Gasteiger partial charge in [-0.1, -0.05) is 11.6 Å². The van der Waals surface area contributed by atoms with Crippen LogP contribution in [0.2, 0.25) is 5.02 Å². The number of hydrogen-bond acceptors (Lipinski definition) is 5. The van der Waals surface area contributed by atoms with E-state index in [4.69, 9.17) is 16.3 Å². The fourth-order valence-electron chi connectivity index (χ4n) is 1.49. The predicted molar refractivity (Wildman–Crippen MR) is 75.3 cm³/mol. The number of aliphatic hydroxyl groups excluding tert-OH is 1. The largest absolute Gasteiger partial charge is 0.491 e. The quantitative estimate of drug-likeness (QED) is 0.864. The Balaban J connectivity index is 1.84. The van der Waals surface area contributed by atoms with Crippen molar-refractivity contribution in [2.24, 2.45) is 0 Å². The molecule has 0 fully saturated rings. The Bertz CT molecular complexity index is 588. The van der Waals surface area contributed by atoms with E-state index in [-0.39, 0.29) is 18.3 Å². The van der Waals surface area contributed by atoms with Crippen molar-refractivity contribution >= 4 is 22.4 Å². The van der Waals surface area contributed by atoms with E-state index >= 15 is 0 Å². The summed E-state index contributed by atoms with van der Waals surface area (Å²) in [6.07, 6.45) is 2.19. The Hall–Kier alpha value is -1.44. The highest BCUT2D eigenvalue weighted by Gasteiger charge is 2.10. The molecule has 0 saturated heterocycles. The predicted octanol–water partition coefficient (Wildman–Crippen LogP) is 1.11. The van der Waals surface area contributed by atoms with Gasteiger partial charge >= 0.3 is 0 Å². The number of hydrogen-bond donors (Lipinski definition) is 1. The first-order valence-corrected chi connectivity index (χ1v) is 7.77. The summed E-state index contributed by atoms with van der Waals surface area (Å²) in [5.74, 6) is 0.627. The molecule has 2 rings (SSSR count). The number of ether oxygens (including phenoxy) is 1. The average Bonchev–Trinajstić information content (AvgIpc) is 2.87. The summed E-state index contributed by atoms with van der Waals surface area (Å²) >= 11 is 5.76. The molecule has 0 saturated carbocycles. The standard InChI is InChI=1S/C12H14ClN3O3S/c1-20(18)12-14-8-16(15-12)6-10(17)7-19-11-4-2-9(13)3-5-11/h2-5,8,10,17H,6-7H2,1H3. The molecule has 8 heteroatoms. The molecule has 0 amide bonds. The minimum absolute atomic E-state index is 0.117. The van der Waals surface area contributed by atoms with E-state index in [2.05, 4.69) is 10.1 Å². The highest BCUT2D eigenvalue weighted by molar-refractivity contribution is 7.84. The first-order valence-electron chi connectivity index (χ1n) is 5.84. The number of nitrogens with zero attached hydrogens (tertiary/aromatic N) is 3. The molecule has 2 aromatic rings. The molecule has 0 aliphatic carbocycles. The zero-order chi connectivity index (χ0) is 14.5. The van der Waals surface area contributed by atoms with Crippen LogP contribution in [0.15, 0.2) is 35.7 Å². The molecule has 2 unspecified atom stereocenters. The van der Waals surface area contributed by atoms with Gasteiger partial charge in [-0.25, -0.2) is 9.67 Å². The van der Waals surface area contributed by atoms with Gasteiger partial charge in [0.25, 0.3) is 0 Å². The summed E-state index contributed by atoms with van der Waals surface area (Å²) in [6.45, 7) is 0.337. The van der Waals surface area contributed by atoms with Gasteiger partial charge in [0.2, 0.25) is 5.16 Å². The Morgan fingerprint density at radius 3 is 2.75 bits per heavy atom. The SMILES string of the molecule is CS(=O)c1ncn(CC(O)COc2ccc(Cl)cc2)n1. The molecule has 0 bridgehead atoms. The van der Waals surface area contributed by atoms with Crippen molar-refractivity contribution in [3.63, 3.8) is 0 Å². The summed E-state index contributed by atoms with van der Waals surface area (Å²) in [6, 6.07) is 6.87. The third-order valence-corrected chi connectivity index (χ3v) is 3.38. The van der Waals surface area contributed by atoms with Crippen molar-refractivity contribution < 1.29 is 14.1 Å². The smallest absolute Gasteiger partial charge is 0.238 e. The lowest BCUT2D eigenvalue weighted by molar-refractivity contribution is 0.0890. The highest BCUT2D eigenvalue weighted by atomic mass is 35.5. The van der Waals surface area contributed by atoms with E-state index in [1.807, 2.05) is 0 Å². The normalized spacial score (nSPS) is 13.9. The molecule has 20 heavy (non-hydrogen) atoms. The van der Waals surface area contributed by atoms with Crippen molar-refractivity contribution in [3.8, 4) is 5.75 Å². The number of benzene rings is 1. The summed E-state index contributed by atoms with van der Waals surface area (Å²) in [4.78, 5) is 3.88. The zero-order valence-corrected chi connectivity index (χ0v) is 12.3. The number of rotatable bonds is 6. The molecule has 0 radical (unpaired) electrons. The fraction of sp³-hybridized carbons (Fsp3) is 0.333. The maximum absolute atomic E-state index is 11.2. The Morgan fingerprint density at radius 2 is 2.15 bits per heavy atom. The summed E-state index contributed by atoms with van der Waals surface area (Å²) < 4.78 is 18.0. The van der Waals surface area contributed by atoms with Crippen molar-refractivity contribution in [2.75, 3.05) is 12.9 Å². The van der Waals surface area contributed by atoms with Crippen LogP contribution >= 0.6 is 11.6 Å². The van der Waals surface area contributed by atoms with Crippen LogP contribution in [0.5, 0.6) is 5.75 Å². The maximum atomic E-state index is 11.2. The fourth-order valence-corrected chi connectivity index (χ4v) is 2.03. The number of halogens is 1. The van der Waals surface area contributed by atoms with Crippen LogP contribution in [-0.2, 0) is 17.3 Å². The monoisotopic (exact) mass is 315 g/mol. The molecule has 1 aromatic heterocycles. The number of aromatic nitrogens is 3. The van der Waals surface area contributed by atoms with Gasteiger partial charge in [0.15, 0.2) is 0 Å². The van der Waals surface area contributed by atoms with Crippen LogP contribution in [0.1, 0.15) is 0 Å². The van der Waals surface area contributed by atoms with Gasteiger partial charge in [-0.05, 0) is 24.3 Å². The van der Waals surface area contributed by atoms with E-state index in [9.17, 15) is 9.32 Å². The minimum atomic E-state index is -1.23. The summed E-state index contributed by atoms with van der Waals surface area (Å²) in [5.41, 5.74) is 0. The molecular formula is C12H14ClN3O3S. The molecular weight excluding hydrogens is 302 g/mol. The first kappa shape index (κ1) is 15.0. The molecule has 0 aliphatic rings. The van der Waals surface area contributed by atoms with Crippen molar-refractivity contribution in [3.05, 3.63) is 35.6 Å². The summed E-state index contributed by atoms with van der Waals surface area (Å²) in [7, 11) is -1.23. The first-order chi connectivity index (χ1) is 9.54. The second kappa shape index (κ2) is 6.83. The van der Waals surface area contributed by atoms with Crippen LogP contribution in [0, 0.1) is 0 Å². The lowest BCUT2D eigenvalue weighted by Gasteiger charge is -2.12. The van der Waals surface area contributed by atoms with E-state index in [0.29, 0.717) is 10.8 Å². The third kappa shape index (κ3) is 4.29. The topological polar surface area (TPSA) is 77.2 Å². The van der Waals surface area contributed by atoms with Gasteiger partial charge in [-0.15, -0.1) is 5.10 Å². The Kier molecular flexibility index (Phi) is 5.11. The molecule has 1 N–H and O–H groups in total. The zero-order valence-electron chi connectivity index (χ0n) is 10.8. The Morgan fingerprint density at radius 1 is 1.45 bits per heavy atom. The van der Waals surface area contributed by atoms with Gasteiger partial charge in [0, 0.05) is 11.3 Å². The molecule has 108 valence electrons. The third-order valence-electron chi connectivity index (χ3n) is 2.43. The van der Waals surface area contributed by atoms with Gasteiger partial charge in [-0.3, -0.25) is 4.21 Å². The van der Waals surface area contributed by atoms with Crippen LogP contribution < -0.4 is 4.74 Å². The molecule has 1 heterocycles. The lowest BCUT2D eigenvalue weighted by atomic mass is 10.3. The van der Waals surface area contributed by atoms with E-state index in [1.165, 1.54) is 17.3 Å². The highest BCUT2D eigenvalue weighted by Crippen LogP contribution is 2.15. The van der Waals surface area contributed by atoms with Gasteiger partial charge in [0.05, 0.1) is 17.3 Å². The van der Waals surface area contributed by atoms with Crippen LogP contribution in [0.3, 0.4) is 0 Å². The molecule has 0 spiro atoms. The maximum Gasteiger partial charge on any atom is 0.238 e. The van der Waals surface area contributed by atoms with Gasteiger partial charge in [0.1, 0.15) is 24.8 Å². The molecule has 2 atom stereocenters. The molecule has 0 aliphatic heterocycles. The summed E-state index contributed by atoms with van der Waals surface area (Å²) in [5, 5.41) is 14.7. The second-order valence-corrected chi connectivity index (χ2v) is 5.83. The van der Waals surface area contributed by atoms with Crippen LogP contribution in [0.25, 0.3) is 0 Å². The van der Waals surface area contributed by atoms with Gasteiger partial charge in [-0.2, -0.15) is 0 Å². The Labute approximate surface area is 123 Å². The van der Waals surface area contributed by atoms with Crippen molar-refractivity contribution in [1.29, 1.82) is 0 Å². The molecule has 1 aromatic carbocycles. The minimum Gasteiger partial charge on any atom is -0.491 e. The van der Waals surface area contributed by atoms with Crippen LogP contribution in [0.4, 0.5) is 0 Å². The number of aliphatic hydroxyl groups is 1. The van der Waals surface area contributed by atoms with Crippen LogP contribution in [-0.4, -0.2) is 43.0 Å². The van der Waals surface area contributed by atoms with Crippen molar-refractivity contribution in [1.82, 2.24) is 14.8 Å². The van der Waals surface area contributed by atoms with Gasteiger partial charge < -0.3 is 9.84 Å². The van der Waals surface area contributed by atoms with E-state index in [1.54, 1.807) is 24.3 Å². The average molecular weight is 316 g/mol. The van der Waals surface area contributed by atoms with E-state index in [0.717, 1.165) is 0 Å². The lowest BCUT2D eigenvalue weighted by Crippen LogP contribution is -2.24.